The highest BCUT2D eigenvalue weighted by Crippen LogP contribution is 2.54. The number of ether oxygens (including phenoxy) is 1. The number of benzene rings is 3. The number of para-hydroxylation sites is 2. The summed E-state index contributed by atoms with van der Waals surface area (Å²) in [5.74, 6) is -1.25. The van der Waals surface area contributed by atoms with Crippen LogP contribution in [0, 0.1) is 12.7 Å². The van der Waals surface area contributed by atoms with Gasteiger partial charge in [0.25, 0.3) is 0 Å². The second-order valence-electron chi connectivity index (χ2n) is 11.3. The van der Waals surface area contributed by atoms with Gasteiger partial charge in [-0.05, 0) is 68.8 Å². The summed E-state index contributed by atoms with van der Waals surface area (Å²) < 4.78 is 58.7. The molecule has 0 radical (unpaired) electrons. The fraction of sp³-hybridized carbons (Fsp3) is 0.290. The zero-order chi connectivity index (χ0) is 31.3. The summed E-state index contributed by atoms with van der Waals surface area (Å²) in [5, 5.41) is 21.1. The molecule has 3 N–H and O–H groups in total. The highest BCUT2D eigenvalue weighted by atomic mass is 19.4. The molecule has 0 spiro atoms. The Kier molecular flexibility index (Phi) is 7.49. The molecule has 12 heteroatoms. The van der Waals surface area contributed by atoms with E-state index < -0.39 is 29.4 Å². The van der Waals surface area contributed by atoms with Crippen LogP contribution in [0.15, 0.2) is 60.7 Å². The van der Waals surface area contributed by atoms with Crippen LogP contribution in [-0.2, 0) is 5.41 Å². The zero-order valence-electron chi connectivity index (χ0n) is 24.2. The molecule has 2 heterocycles. The Hall–Kier alpha value is -4.74. The summed E-state index contributed by atoms with van der Waals surface area (Å²) >= 11 is 0. The van der Waals surface area contributed by atoms with Crippen molar-refractivity contribution in [2.75, 3.05) is 22.1 Å². The van der Waals surface area contributed by atoms with E-state index in [0.29, 0.717) is 40.4 Å². The molecule has 3 aromatic carbocycles. The monoisotopic (exact) mass is 597 g/mol. The van der Waals surface area contributed by atoms with Crippen molar-refractivity contribution in [3.63, 3.8) is 0 Å². The van der Waals surface area contributed by atoms with Crippen LogP contribution in [-0.4, -0.2) is 33.8 Å². The van der Waals surface area contributed by atoms with Crippen LogP contribution in [0.4, 0.5) is 45.1 Å². The van der Waals surface area contributed by atoms with Crippen molar-refractivity contribution < 1.29 is 32.2 Å². The van der Waals surface area contributed by atoms with Crippen LogP contribution in [0.3, 0.4) is 0 Å². The number of anilines is 4. The van der Waals surface area contributed by atoms with Gasteiger partial charge in [-0.1, -0.05) is 26.0 Å². The van der Waals surface area contributed by atoms with Crippen LogP contribution in [0.5, 0.6) is 11.5 Å². The molecule has 0 atom stereocenters. The number of phenolic OH excluding ortho intramolecular Hbond substituents is 1. The van der Waals surface area contributed by atoms with Gasteiger partial charge in [-0.15, -0.1) is 13.2 Å². The lowest BCUT2D eigenvalue weighted by Gasteiger charge is -2.25. The normalized spacial score (nSPS) is 14.1. The Morgan fingerprint density at radius 1 is 1.07 bits per heavy atom. The Morgan fingerprint density at radius 3 is 2.37 bits per heavy atom. The van der Waals surface area contributed by atoms with Crippen molar-refractivity contribution in [2.24, 2.45) is 0 Å². The van der Waals surface area contributed by atoms with E-state index in [-0.39, 0.29) is 17.5 Å². The number of urea groups is 1. The second kappa shape index (κ2) is 10.8. The van der Waals surface area contributed by atoms with Gasteiger partial charge in [0.05, 0.1) is 22.8 Å². The number of nitrogens with zero attached hydrogens (tertiary/aromatic N) is 3. The molecule has 1 aliphatic heterocycles. The maximum Gasteiger partial charge on any atom is 0.573 e. The first-order valence-electron chi connectivity index (χ1n) is 13.6. The van der Waals surface area contributed by atoms with E-state index in [0.717, 1.165) is 23.9 Å². The van der Waals surface area contributed by atoms with Crippen molar-refractivity contribution in [3.8, 4) is 22.8 Å². The summed E-state index contributed by atoms with van der Waals surface area (Å²) in [6, 6.07) is 14.0. The smallest absolute Gasteiger partial charge is 0.506 e. The predicted molar refractivity (Wildman–Crippen MR) is 157 cm³/mol. The van der Waals surface area contributed by atoms with Gasteiger partial charge in [-0.3, -0.25) is 4.68 Å². The minimum Gasteiger partial charge on any atom is -0.506 e. The molecule has 0 saturated heterocycles. The van der Waals surface area contributed by atoms with E-state index in [9.17, 15) is 23.1 Å². The first-order chi connectivity index (χ1) is 20.1. The summed E-state index contributed by atoms with van der Waals surface area (Å²) in [6.45, 7) is 10.2. The number of aryl methyl sites for hydroxylation is 1. The van der Waals surface area contributed by atoms with E-state index in [4.69, 9.17) is 0 Å². The number of nitrogens with one attached hydrogen (secondary N) is 2. The van der Waals surface area contributed by atoms with Gasteiger partial charge in [0, 0.05) is 41.0 Å². The second-order valence-corrected chi connectivity index (χ2v) is 11.3. The molecule has 2 amide bonds. The third-order valence-electron chi connectivity index (χ3n) is 7.19. The molecule has 0 bridgehead atoms. The van der Waals surface area contributed by atoms with Crippen molar-refractivity contribution in [2.45, 2.75) is 52.4 Å². The third-order valence-corrected chi connectivity index (χ3v) is 7.19. The van der Waals surface area contributed by atoms with Crippen LogP contribution >= 0.6 is 0 Å². The molecule has 43 heavy (non-hydrogen) atoms. The molecule has 226 valence electrons. The first kappa shape index (κ1) is 29.7. The van der Waals surface area contributed by atoms with E-state index in [1.165, 1.54) is 12.1 Å². The minimum atomic E-state index is -4.83. The highest BCUT2D eigenvalue weighted by molar-refractivity contribution is 6.03. The van der Waals surface area contributed by atoms with Crippen LogP contribution < -0.4 is 20.3 Å². The third kappa shape index (κ3) is 5.95. The van der Waals surface area contributed by atoms with E-state index >= 15 is 4.39 Å². The minimum absolute atomic E-state index is 0.0711. The first-order valence-corrected chi connectivity index (χ1v) is 13.6. The largest absolute Gasteiger partial charge is 0.573 e. The Morgan fingerprint density at radius 2 is 1.74 bits per heavy atom. The maximum absolute atomic E-state index is 15.6. The molecule has 0 unspecified atom stereocenters. The van der Waals surface area contributed by atoms with Crippen molar-refractivity contribution in [1.29, 1.82) is 0 Å². The summed E-state index contributed by atoms with van der Waals surface area (Å²) in [7, 11) is 0. The number of hydrogen-bond donors (Lipinski definition) is 3. The van der Waals surface area contributed by atoms with Gasteiger partial charge in [0.2, 0.25) is 0 Å². The fourth-order valence-corrected chi connectivity index (χ4v) is 5.54. The number of aromatic nitrogens is 2. The number of fused-ring (bicyclic) bond motifs is 1. The van der Waals surface area contributed by atoms with Gasteiger partial charge in [0.15, 0.2) is 0 Å². The molecular formula is C31H31F4N5O3. The Labute approximate surface area is 245 Å². The number of halogens is 4. The molecule has 0 saturated carbocycles. The van der Waals surface area contributed by atoms with Crippen molar-refractivity contribution in [1.82, 2.24) is 9.78 Å². The SMILES string of the molecule is Cc1cc(-c2c(F)cc(O)c3c2C(C)(C)CN3c2ccccc2NC(=O)Nc2ccc(OC(F)(F)F)cc2)nn1C(C)C. The lowest BCUT2D eigenvalue weighted by Crippen LogP contribution is -2.27. The van der Waals surface area contributed by atoms with E-state index in [1.54, 1.807) is 24.3 Å². The highest BCUT2D eigenvalue weighted by Gasteiger charge is 2.42. The Bertz CT molecular complexity index is 1680. The number of aromatic hydroxyl groups is 1. The molecular weight excluding hydrogens is 566 g/mol. The van der Waals surface area contributed by atoms with Crippen LogP contribution in [0.2, 0.25) is 0 Å². The van der Waals surface area contributed by atoms with Crippen molar-refractivity contribution in [3.05, 3.63) is 77.7 Å². The van der Waals surface area contributed by atoms with Gasteiger partial charge in [0.1, 0.15) is 17.3 Å². The topological polar surface area (TPSA) is 91.7 Å². The number of alkyl halides is 3. The van der Waals surface area contributed by atoms with Crippen LogP contribution in [0.25, 0.3) is 11.3 Å². The number of carbonyl (C=O) groups excluding carboxylic acids is 1. The Balaban J connectivity index is 1.48. The average Bonchev–Trinajstić information content (AvgIpc) is 3.42. The van der Waals surface area contributed by atoms with E-state index in [1.807, 2.05) is 50.3 Å². The summed E-state index contributed by atoms with van der Waals surface area (Å²) in [6.07, 6.45) is -4.83. The van der Waals surface area contributed by atoms with Gasteiger partial charge in [-0.25, -0.2) is 9.18 Å². The van der Waals surface area contributed by atoms with Crippen molar-refractivity contribution >= 4 is 28.8 Å². The number of amides is 2. The maximum atomic E-state index is 15.6. The number of rotatable bonds is 6. The van der Waals surface area contributed by atoms with Gasteiger partial charge < -0.3 is 25.4 Å². The molecule has 1 aromatic heterocycles. The summed E-state index contributed by atoms with van der Waals surface area (Å²) in [4.78, 5) is 14.7. The molecule has 8 nitrogen and oxygen atoms in total. The molecule has 5 rings (SSSR count). The van der Waals surface area contributed by atoms with Crippen LogP contribution in [0.1, 0.15) is 45.0 Å². The average molecular weight is 598 g/mol. The van der Waals surface area contributed by atoms with E-state index in [2.05, 4.69) is 20.5 Å². The number of carbonyl (C=O) groups is 1. The molecule has 4 aromatic rings. The van der Waals surface area contributed by atoms with Gasteiger partial charge >= 0.3 is 12.4 Å². The number of phenols is 1. The van der Waals surface area contributed by atoms with Gasteiger partial charge in [-0.2, -0.15) is 5.10 Å². The fourth-order valence-electron chi connectivity index (χ4n) is 5.54. The summed E-state index contributed by atoms with van der Waals surface area (Å²) in [5.41, 5.74) is 3.22. The number of hydrogen-bond acceptors (Lipinski definition) is 5. The lowest BCUT2D eigenvalue weighted by atomic mass is 9.82. The predicted octanol–water partition coefficient (Wildman–Crippen LogP) is 8.26. The molecule has 0 fully saturated rings. The lowest BCUT2D eigenvalue weighted by molar-refractivity contribution is -0.274. The molecule has 0 aliphatic carbocycles. The quantitative estimate of drug-likeness (QED) is 0.195. The zero-order valence-corrected chi connectivity index (χ0v) is 24.2. The standard InChI is InChI=1S/C31H31F4N5O3/c1-17(2)40-18(3)14-23(38-40)26-21(32)15-25(41)28-27(26)30(4,5)16-39(28)24-9-7-6-8-22(24)37-29(42)36-19-10-12-20(13-11-19)43-31(33,34)35/h6-15,17,41H,16H2,1-5H3,(H2,36,37,42). The molecule has 1 aliphatic rings.